The summed E-state index contributed by atoms with van der Waals surface area (Å²) in [6.45, 7) is 8.73. The predicted octanol–water partition coefficient (Wildman–Crippen LogP) is 7.02. The minimum atomic E-state index is 0.555. The molecule has 0 aromatic rings. The van der Waals surface area contributed by atoms with Crippen LogP contribution in [0.2, 0.25) is 0 Å². The Kier molecular flexibility index (Phi) is 8.88. The van der Waals surface area contributed by atoms with Gasteiger partial charge in [0, 0.05) is 21.7 Å². The van der Waals surface area contributed by atoms with Gasteiger partial charge in [0.25, 0.3) is 0 Å². The quantitative estimate of drug-likeness (QED) is 0.443. The van der Waals surface area contributed by atoms with Gasteiger partial charge in [-0.25, -0.2) is 0 Å². The molecule has 23 heavy (non-hydrogen) atoms. The molecule has 0 radical (unpaired) electrons. The van der Waals surface area contributed by atoms with Crippen molar-refractivity contribution in [2.75, 3.05) is 17.3 Å². The first kappa shape index (κ1) is 19.2. The number of allylic oxidation sites excluding steroid dienone is 5. The first-order valence-corrected chi connectivity index (χ1v) is 11.8. The van der Waals surface area contributed by atoms with E-state index < -0.39 is 0 Å². The highest BCUT2D eigenvalue weighted by Crippen LogP contribution is 2.33. The van der Waals surface area contributed by atoms with Crippen molar-refractivity contribution in [3.8, 4) is 0 Å². The second-order valence-electron chi connectivity index (χ2n) is 5.31. The zero-order chi connectivity index (χ0) is 16.5. The first-order valence-electron chi connectivity index (χ1n) is 7.82. The van der Waals surface area contributed by atoms with Crippen LogP contribution in [0.15, 0.2) is 68.7 Å². The summed E-state index contributed by atoms with van der Waals surface area (Å²) in [6, 6.07) is 0. The molecule has 0 saturated heterocycles. The van der Waals surface area contributed by atoms with Gasteiger partial charge in [-0.1, -0.05) is 37.8 Å². The molecule has 2 aliphatic heterocycles. The van der Waals surface area contributed by atoms with Crippen LogP contribution in [0.4, 0.5) is 0 Å². The van der Waals surface area contributed by atoms with Crippen molar-refractivity contribution in [2.45, 2.75) is 25.5 Å². The molecule has 0 bridgehead atoms. The highest BCUT2D eigenvalue weighted by molar-refractivity contribution is 8.06. The number of hydrogen-bond acceptors (Lipinski definition) is 4. The van der Waals surface area contributed by atoms with Gasteiger partial charge in [0.1, 0.15) is 0 Å². The number of rotatable bonds is 8. The van der Waals surface area contributed by atoms with Gasteiger partial charge in [0.05, 0.1) is 0 Å². The van der Waals surface area contributed by atoms with Crippen LogP contribution in [-0.2, 0) is 0 Å². The minimum Gasteiger partial charge on any atom is -0.155 e. The summed E-state index contributed by atoms with van der Waals surface area (Å²) in [5.41, 5.74) is 2.59. The zero-order valence-corrected chi connectivity index (χ0v) is 17.1. The lowest BCUT2D eigenvalue weighted by Crippen LogP contribution is -1.93. The Morgan fingerprint density at radius 1 is 1.39 bits per heavy atom. The summed E-state index contributed by atoms with van der Waals surface area (Å²) >= 11 is 7.60. The predicted molar refractivity (Wildman–Crippen MR) is 116 cm³/mol. The minimum absolute atomic E-state index is 0.555. The van der Waals surface area contributed by atoms with Crippen LogP contribution in [0.25, 0.3) is 0 Å². The third-order valence-electron chi connectivity index (χ3n) is 3.21. The van der Waals surface area contributed by atoms with Crippen molar-refractivity contribution >= 4 is 47.0 Å². The summed E-state index contributed by atoms with van der Waals surface area (Å²) in [5, 5.41) is 4.90. The Morgan fingerprint density at radius 3 is 2.91 bits per heavy atom. The van der Waals surface area contributed by atoms with Crippen LogP contribution in [0.1, 0.15) is 20.3 Å². The summed E-state index contributed by atoms with van der Waals surface area (Å²) in [4.78, 5) is 2.82. The van der Waals surface area contributed by atoms with Gasteiger partial charge < -0.3 is 0 Å². The maximum absolute atomic E-state index is 4.23. The molecule has 0 aliphatic carbocycles. The third-order valence-corrected chi connectivity index (χ3v) is 7.05. The zero-order valence-electron chi connectivity index (χ0n) is 13.8. The van der Waals surface area contributed by atoms with Crippen molar-refractivity contribution in [1.29, 1.82) is 0 Å². The van der Waals surface area contributed by atoms with Crippen LogP contribution in [0, 0.1) is 0 Å². The summed E-state index contributed by atoms with van der Waals surface area (Å²) in [6.07, 6.45) is 12.5. The number of thioether (sulfide) groups is 4. The molecule has 1 unspecified atom stereocenters. The van der Waals surface area contributed by atoms with Crippen LogP contribution in [0.5, 0.6) is 0 Å². The summed E-state index contributed by atoms with van der Waals surface area (Å²) in [7, 11) is 0. The molecule has 0 aromatic heterocycles. The lowest BCUT2D eigenvalue weighted by Gasteiger charge is -2.09. The van der Waals surface area contributed by atoms with E-state index in [9.17, 15) is 0 Å². The average Bonchev–Trinajstić information content (AvgIpc) is 3.18. The molecule has 1 atom stereocenters. The van der Waals surface area contributed by atoms with Gasteiger partial charge in [0.15, 0.2) is 0 Å². The molecule has 124 valence electrons. The molecule has 0 fully saturated rings. The van der Waals surface area contributed by atoms with Crippen LogP contribution in [-0.4, -0.2) is 22.5 Å². The van der Waals surface area contributed by atoms with Crippen molar-refractivity contribution < 1.29 is 0 Å². The van der Waals surface area contributed by atoms with Gasteiger partial charge in [-0.3, -0.25) is 0 Å². The molecule has 2 rings (SSSR count). The van der Waals surface area contributed by atoms with E-state index >= 15 is 0 Å². The van der Waals surface area contributed by atoms with E-state index in [1.807, 2.05) is 47.0 Å². The molecular weight excluding hydrogens is 356 g/mol. The van der Waals surface area contributed by atoms with E-state index in [0.29, 0.717) is 5.25 Å². The Morgan fingerprint density at radius 2 is 2.26 bits per heavy atom. The largest absolute Gasteiger partial charge is 0.155 e. The number of hydrogen-bond donors (Lipinski definition) is 0. The maximum Gasteiger partial charge on any atom is 0.0226 e. The van der Waals surface area contributed by atoms with Gasteiger partial charge in [-0.15, -0.1) is 35.3 Å². The molecule has 0 saturated carbocycles. The second kappa shape index (κ2) is 10.7. The fraction of sp³-hybridized carbons (Fsp3) is 0.368. The van der Waals surface area contributed by atoms with E-state index in [4.69, 9.17) is 0 Å². The molecule has 0 amide bonds. The molecular formula is C19H24S4. The summed E-state index contributed by atoms with van der Waals surface area (Å²) in [5.74, 6) is 3.20. The highest BCUT2D eigenvalue weighted by Gasteiger charge is 2.07. The van der Waals surface area contributed by atoms with E-state index in [0.717, 1.165) is 23.7 Å². The van der Waals surface area contributed by atoms with E-state index in [2.05, 4.69) is 61.6 Å². The molecule has 2 heterocycles. The van der Waals surface area contributed by atoms with E-state index in [-0.39, 0.29) is 0 Å². The smallest absolute Gasteiger partial charge is 0.0226 e. The Bertz CT molecular complexity index is 554. The SMILES string of the molecule is C=C(/C=C1/C=CSC1)CSC(=C\C(C)SCC)/C=C1\CC=CS1. The van der Waals surface area contributed by atoms with Crippen LogP contribution >= 0.6 is 47.0 Å². The van der Waals surface area contributed by atoms with Crippen molar-refractivity contribution in [3.05, 3.63) is 68.7 Å². The highest BCUT2D eigenvalue weighted by atomic mass is 32.2. The first-order chi connectivity index (χ1) is 11.2. The normalized spacial score (nSPS) is 22.4. The van der Waals surface area contributed by atoms with Gasteiger partial charge in [-0.2, -0.15) is 11.8 Å². The lowest BCUT2D eigenvalue weighted by atomic mass is 10.2. The third kappa shape index (κ3) is 7.51. The molecule has 0 spiro atoms. The molecule has 0 N–H and O–H groups in total. The monoisotopic (exact) mass is 380 g/mol. The van der Waals surface area contributed by atoms with E-state index in [1.54, 1.807) is 0 Å². The topological polar surface area (TPSA) is 0 Å². The molecule has 0 aromatic carbocycles. The van der Waals surface area contributed by atoms with E-state index in [1.165, 1.54) is 21.0 Å². The average molecular weight is 381 g/mol. The van der Waals surface area contributed by atoms with Gasteiger partial charge in [0.2, 0.25) is 0 Å². The maximum atomic E-state index is 4.23. The molecule has 2 aliphatic rings. The Labute approximate surface area is 158 Å². The Balaban J connectivity index is 1.96. The van der Waals surface area contributed by atoms with Crippen LogP contribution in [0.3, 0.4) is 0 Å². The second-order valence-corrected chi connectivity index (χ2v) is 9.94. The summed E-state index contributed by atoms with van der Waals surface area (Å²) < 4.78 is 0. The fourth-order valence-corrected chi connectivity index (χ4v) is 5.56. The van der Waals surface area contributed by atoms with Crippen molar-refractivity contribution in [1.82, 2.24) is 0 Å². The van der Waals surface area contributed by atoms with Crippen molar-refractivity contribution in [2.24, 2.45) is 0 Å². The van der Waals surface area contributed by atoms with Crippen LogP contribution < -0.4 is 0 Å². The van der Waals surface area contributed by atoms with Crippen molar-refractivity contribution in [3.63, 3.8) is 0 Å². The standard InChI is InChI=1S/C19H24S4/c1-4-21-16(3)11-19(12-18-6-5-8-22-18)23-13-15(2)10-17-7-9-20-14-17/h5,7-12,16H,2,4,6,13-14H2,1,3H3/b17-10-,18-12+,19-11-. The van der Waals surface area contributed by atoms with Gasteiger partial charge in [-0.05, 0) is 52.0 Å². The van der Waals surface area contributed by atoms with Gasteiger partial charge >= 0.3 is 0 Å². The Hall–Kier alpha value is -0.160. The molecule has 0 nitrogen and oxygen atoms in total. The lowest BCUT2D eigenvalue weighted by molar-refractivity contribution is 1.23. The fourth-order valence-electron chi connectivity index (χ4n) is 2.18. The molecule has 4 heteroatoms.